The number of thiocarbonyl (C=S) groups is 1. The molecule has 1 N–H and O–H groups in total. The van der Waals surface area contributed by atoms with Gasteiger partial charge in [-0.05, 0) is 29.3 Å². The first kappa shape index (κ1) is 23.8. The van der Waals surface area contributed by atoms with E-state index in [-0.39, 0.29) is 31.5 Å². The number of carbonyl (C=O) groups is 2. The molecule has 1 aliphatic rings. The molecule has 0 bridgehead atoms. The summed E-state index contributed by atoms with van der Waals surface area (Å²) in [5.41, 5.74) is 1.69. The second-order valence-corrected chi connectivity index (χ2v) is 8.58. The van der Waals surface area contributed by atoms with Crippen LogP contribution in [0.3, 0.4) is 0 Å². The van der Waals surface area contributed by atoms with E-state index in [1.54, 1.807) is 32.4 Å². The first-order valence-corrected chi connectivity index (χ1v) is 11.1. The fourth-order valence-corrected chi connectivity index (χ4v) is 4.44. The van der Waals surface area contributed by atoms with Crippen molar-refractivity contribution in [1.82, 2.24) is 9.80 Å². The Morgan fingerprint density at radius 3 is 2.53 bits per heavy atom. The summed E-state index contributed by atoms with van der Waals surface area (Å²) >= 11 is 6.51. The Kier molecular flexibility index (Phi) is 8.26. The molecule has 3 rings (SSSR count). The maximum atomic E-state index is 12.9. The summed E-state index contributed by atoms with van der Waals surface area (Å²) in [4.78, 5) is 29.1. The van der Waals surface area contributed by atoms with Gasteiger partial charge < -0.3 is 19.5 Å². The number of carbonyl (C=O) groups excluding carboxylic acids is 2. The summed E-state index contributed by atoms with van der Waals surface area (Å²) in [7, 11) is 3.10. The van der Waals surface area contributed by atoms with Gasteiger partial charge in [-0.25, -0.2) is 0 Å². The van der Waals surface area contributed by atoms with Gasteiger partial charge in [0, 0.05) is 13.1 Å². The van der Waals surface area contributed by atoms with E-state index in [1.165, 1.54) is 9.80 Å². The van der Waals surface area contributed by atoms with Gasteiger partial charge in [0.25, 0.3) is 5.91 Å². The number of hydrogen-bond acceptors (Lipinski definition) is 7. The lowest BCUT2D eigenvalue weighted by atomic mass is 10.2. The summed E-state index contributed by atoms with van der Waals surface area (Å²) in [6.07, 6.45) is 1.71. The van der Waals surface area contributed by atoms with E-state index in [9.17, 15) is 14.7 Å². The highest BCUT2D eigenvalue weighted by Gasteiger charge is 2.34. The average Bonchev–Trinajstić information content (AvgIpc) is 3.06. The minimum atomic E-state index is -0.327. The van der Waals surface area contributed by atoms with Crippen molar-refractivity contribution >= 4 is 46.2 Å². The van der Waals surface area contributed by atoms with Crippen LogP contribution in [0.25, 0.3) is 6.08 Å². The normalized spacial score (nSPS) is 14.7. The number of methoxy groups -OCH3 is 2. The predicted molar refractivity (Wildman–Crippen MR) is 128 cm³/mol. The molecular weight excluding hydrogens is 448 g/mol. The van der Waals surface area contributed by atoms with Crippen molar-refractivity contribution in [2.75, 3.05) is 33.9 Å². The highest BCUT2D eigenvalue weighted by Crippen LogP contribution is 2.34. The van der Waals surface area contributed by atoms with Crippen molar-refractivity contribution in [1.29, 1.82) is 0 Å². The van der Waals surface area contributed by atoms with Crippen molar-refractivity contribution in [3.05, 3.63) is 64.6 Å². The Morgan fingerprint density at radius 2 is 1.88 bits per heavy atom. The first-order chi connectivity index (χ1) is 15.5. The van der Waals surface area contributed by atoms with E-state index >= 15 is 0 Å². The van der Waals surface area contributed by atoms with Crippen LogP contribution < -0.4 is 9.47 Å². The van der Waals surface area contributed by atoms with Gasteiger partial charge in [0.15, 0.2) is 11.5 Å². The highest BCUT2D eigenvalue weighted by atomic mass is 32.2. The molecule has 1 saturated heterocycles. The molecule has 0 spiro atoms. The second-order valence-electron chi connectivity index (χ2n) is 6.91. The number of ether oxygens (including phenoxy) is 2. The standard InChI is InChI=1S/C23H24N2O5S2/c1-29-18-9-8-17(12-19(18)30-2)13-20-22(28)25(23(31)32-20)15-21(27)24(10-11-26)14-16-6-4-3-5-7-16/h3-9,12-13,26H,10-11,14-15H2,1-2H3/b20-13+. The molecule has 2 amide bonds. The topological polar surface area (TPSA) is 79.3 Å². The van der Waals surface area contributed by atoms with Gasteiger partial charge in [-0.1, -0.05) is 60.4 Å². The molecule has 0 radical (unpaired) electrons. The third kappa shape index (κ3) is 5.67. The minimum absolute atomic E-state index is 0.170. The molecule has 1 fully saturated rings. The average molecular weight is 473 g/mol. The van der Waals surface area contributed by atoms with E-state index in [1.807, 2.05) is 36.4 Å². The first-order valence-electron chi connectivity index (χ1n) is 9.86. The quantitative estimate of drug-likeness (QED) is 0.444. The molecule has 1 heterocycles. The van der Waals surface area contributed by atoms with Gasteiger partial charge in [-0.15, -0.1) is 0 Å². The number of nitrogens with zero attached hydrogens (tertiary/aromatic N) is 2. The smallest absolute Gasteiger partial charge is 0.266 e. The lowest BCUT2D eigenvalue weighted by molar-refractivity contribution is -0.136. The molecular formula is C23H24N2O5S2. The summed E-state index contributed by atoms with van der Waals surface area (Å²) < 4.78 is 10.9. The summed E-state index contributed by atoms with van der Waals surface area (Å²) in [6.45, 7) is 0.164. The Labute approximate surface area is 196 Å². The molecule has 32 heavy (non-hydrogen) atoms. The van der Waals surface area contributed by atoms with Gasteiger partial charge in [-0.3, -0.25) is 14.5 Å². The van der Waals surface area contributed by atoms with Crippen molar-refractivity contribution in [2.45, 2.75) is 6.54 Å². The van der Waals surface area contributed by atoms with Gasteiger partial charge in [-0.2, -0.15) is 0 Å². The number of amides is 2. The number of benzene rings is 2. The van der Waals surface area contributed by atoms with Crippen LogP contribution in [-0.4, -0.2) is 65.0 Å². The van der Waals surface area contributed by atoms with Crippen molar-refractivity contribution in [3.63, 3.8) is 0 Å². The highest BCUT2D eigenvalue weighted by molar-refractivity contribution is 8.26. The number of hydrogen-bond donors (Lipinski definition) is 1. The number of rotatable bonds is 9. The van der Waals surface area contributed by atoms with E-state index in [2.05, 4.69) is 0 Å². The molecule has 2 aromatic rings. The van der Waals surface area contributed by atoms with Gasteiger partial charge in [0.05, 0.1) is 25.7 Å². The van der Waals surface area contributed by atoms with E-state index in [4.69, 9.17) is 21.7 Å². The largest absolute Gasteiger partial charge is 0.493 e. The molecule has 168 valence electrons. The predicted octanol–water partition coefficient (Wildman–Crippen LogP) is 2.93. The van der Waals surface area contributed by atoms with Crippen LogP contribution in [-0.2, 0) is 16.1 Å². The van der Waals surface area contributed by atoms with Crippen LogP contribution in [0, 0.1) is 0 Å². The van der Waals surface area contributed by atoms with Crippen molar-refractivity contribution < 1.29 is 24.2 Å². The Hall–Kier alpha value is -2.88. The zero-order valence-electron chi connectivity index (χ0n) is 17.8. The monoisotopic (exact) mass is 472 g/mol. The minimum Gasteiger partial charge on any atom is -0.493 e. The Bertz CT molecular complexity index is 1030. The van der Waals surface area contributed by atoms with Gasteiger partial charge in [0.2, 0.25) is 5.91 Å². The van der Waals surface area contributed by atoms with Gasteiger partial charge in [0.1, 0.15) is 10.9 Å². The molecule has 0 atom stereocenters. The maximum Gasteiger partial charge on any atom is 0.266 e. The van der Waals surface area contributed by atoms with E-state index in [0.29, 0.717) is 27.3 Å². The van der Waals surface area contributed by atoms with Crippen molar-refractivity contribution in [3.8, 4) is 11.5 Å². The third-order valence-corrected chi connectivity index (χ3v) is 6.19. The number of thioether (sulfide) groups is 1. The fraction of sp³-hybridized carbons (Fsp3) is 0.261. The third-order valence-electron chi connectivity index (χ3n) is 4.81. The molecule has 1 aliphatic heterocycles. The zero-order chi connectivity index (χ0) is 23.1. The van der Waals surface area contributed by atoms with Crippen LogP contribution >= 0.6 is 24.0 Å². The molecule has 0 aromatic heterocycles. The van der Waals surface area contributed by atoms with E-state index < -0.39 is 0 Å². The summed E-state index contributed by atoms with van der Waals surface area (Å²) in [5.74, 6) is 0.524. The number of aliphatic hydroxyl groups excluding tert-OH is 1. The molecule has 0 saturated carbocycles. The molecule has 9 heteroatoms. The van der Waals surface area contributed by atoms with Gasteiger partial charge >= 0.3 is 0 Å². The Morgan fingerprint density at radius 1 is 1.16 bits per heavy atom. The summed E-state index contributed by atoms with van der Waals surface area (Å²) in [5, 5.41) is 9.38. The van der Waals surface area contributed by atoms with Crippen LogP contribution in [0.15, 0.2) is 53.4 Å². The van der Waals surface area contributed by atoms with Crippen LogP contribution in [0.2, 0.25) is 0 Å². The van der Waals surface area contributed by atoms with Crippen molar-refractivity contribution in [2.24, 2.45) is 0 Å². The zero-order valence-corrected chi connectivity index (χ0v) is 19.4. The summed E-state index contributed by atoms with van der Waals surface area (Å²) in [6, 6.07) is 14.8. The molecule has 0 unspecified atom stereocenters. The SMILES string of the molecule is COc1ccc(/C=C2/SC(=S)N(CC(=O)N(CCO)Cc3ccccc3)C2=O)cc1OC. The molecule has 0 aliphatic carbocycles. The van der Waals surface area contributed by atoms with Crippen LogP contribution in [0.1, 0.15) is 11.1 Å². The maximum absolute atomic E-state index is 12.9. The Balaban J connectivity index is 1.73. The lowest BCUT2D eigenvalue weighted by Crippen LogP contribution is -2.42. The van der Waals surface area contributed by atoms with Crippen LogP contribution in [0.5, 0.6) is 11.5 Å². The van der Waals surface area contributed by atoms with Crippen LogP contribution in [0.4, 0.5) is 0 Å². The second kappa shape index (κ2) is 11.1. The van der Waals surface area contributed by atoms with E-state index in [0.717, 1.165) is 22.9 Å². The molecule has 2 aromatic carbocycles. The lowest BCUT2D eigenvalue weighted by Gasteiger charge is -2.24. The molecule has 7 nitrogen and oxygen atoms in total. The fourth-order valence-electron chi connectivity index (χ4n) is 3.18. The number of aliphatic hydroxyl groups is 1.